The molecule has 0 aliphatic heterocycles. The first kappa shape index (κ1) is 20.7. The van der Waals surface area contributed by atoms with Crippen molar-refractivity contribution in [2.24, 2.45) is 0 Å². The summed E-state index contributed by atoms with van der Waals surface area (Å²) in [6.07, 6.45) is 0.898. The number of hydrogen-bond donors (Lipinski definition) is 2. The SMILES string of the molecule is CCN(CC)CCCNC(=O)c1nc2ccccc2nc1Nc1ccc(C)cc1. The number of amides is 1. The molecule has 3 aromatic rings. The number of anilines is 2. The van der Waals surface area contributed by atoms with E-state index in [0.717, 1.165) is 37.3 Å². The van der Waals surface area contributed by atoms with Gasteiger partial charge in [-0.05, 0) is 57.2 Å². The molecule has 0 saturated heterocycles. The number of aryl methyl sites for hydroxylation is 1. The summed E-state index contributed by atoms with van der Waals surface area (Å²) < 4.78 is 0. The quantitative estimate of drug-likeness (QED) is 0.537. The van der Waals surface area contributed by atoms with E-state index in [-0.39, 0.29) is 5.91 Å². The van der Waals surface area contributed by atoms with Crippen LogP contribution in [0.1, 0.15) is 36.3 Å². The summed E-state index contributed by atoms with van der Waals surface area (Å²) in [7, 11) is 0. The van der Waals surface area contributed by atoms with Gasteiger partial charge in [0.1, 0.15) is 0 Å². The molecule has 1 aromatic heterocycles. The maximum atomic E-state index is 12.9. The molecule has 6 heteroatoms. The third-order valence-electron chi connectivity index (χ3n) is 4.93. The average molecular weight is 392 g/mol. The molecular weight excluding hydrogens is 362 g/mol. The van der Waals surface area contributed by atoms with Gasteiger partial charge in [0.25, 0.3) is 5.91 Å². The molecule has 0 bridgehead atoms. The second-order valence-electron chi connectivity index (χ2n) is 7.04. The minimum Gasteiger partial charge on any atom is -0.351 e. The Bertz CT molecular complexity index is 951. The first-order valence-electron chi connectivity index (χ1n) is 10.2. The molecule has 29 heavy (non-hydrogen) atoms. The fourth-order valence-corrected chi connectivity index (χ4v) is 3.15. The number of rotatable bonds is 9. The molecule has 3 rings (SSSR count). The number of hydrogen-bond acceptors (Lipinski definition) is 5. The predicted molar refractivity (Wildman–Crippen MR) is 119 cm³/mol. The number of nitrogens with one attached hydrogen (secondary N) is 2. The Morgan fingerprint density at radius 3 is 2.28 bits per heavy atom. The largest absolute Gasteiger partial charge is 0.351 e. The lowest BCUT2D eigenvalue weighted by atomic mass is 10.2. The minimum absolute atomic E-state index is 0.211. The van der Waals surface area contributed by atoms with Crippen LogP contribution in [0.3, 0.4) is 0 Å². The van der Waals surface area contributed by atoms with Crippen LogP contribution in [0.15, 0.2) is 48.5 Å². The first-order chi connectivity index (χ1) is 14.1. The normalized spacial score (nSPS) is 11.0. The van der Waals surface area contributed by atoms with Crippen LogP contribution in [0.2, 0.25) is 0 Å². The summed E-state index contributed by atoms with van der Waals surface area (Å²) in [5, 5.41) is 6.25. The third kappa shape index (κ3) is 5.51. The lowest BCUT2D eigenvalue weighted by molar-refractivity contribution is 0.0948. The van der Waals surface area contributed by atoms with E-state index in [1.54, 1.807) is 0 Å². The van der Waals surface area contributed by atoms with Crippen molar-refractivity contribution in [2.75, 3.05) is 31.5 Å². The van der Waals surface area contributed by atoms with E-state index in [4.69, 9.17) is 0 Å². The summed E-state index contributed by atoms with van der Waals surface area (Å²) in [6.45, 7) is 9.94. The zero-order valence-corrected chi connectivity index (χ0v) is 17.4. The van der Waals surface area contributed by atoms with E-state index >= 15 is 0 Å². The number of nitrogens with zero attached hydrogens (tertiary/aromatic N) is 3. The fourth-order valence-electron chi connectivity index (χ4n) is 3.15. The van der Waals surface area contributed by atoms with E-state index in [2.05, 4.69) is 39.3 Å². The van der Waals surface area contributed by atoms with Crippen molar-refractivity contribution >= 4 is 28.4 Å². The van der Waals surface area contributed by atoms with E-state index in [1.807, 2.05) is 55.5 Å². The molecule has 0 radical (unpaired) electrons. The molecule has 0 spiro atoms. The maximum Gasteiger partial charge on any atom is 0.273 e. The van der Waals surface area contributed by atoms with Crippen LogP contribution >= 0.6 is 0 Å². The molecule has 0 unspecified atom stereocenters. The van der Waals surface area contributed by atoms with Crippen molar-refractivity contribution in [3.8, 4) is 0 Å². The molecule has 6 nitrogen and oxygen atoms in total. The van der Waals surface area contributed by atoms with Crippen LogP contribution in [-0.4, -0.2) is 47.0 Å². The maximum absolute atomic E-state index is 12.9. The highest BCUT2D eigenvalue weighted by Crippen LogP contribution is 2.21. The summed E-state index contributed by atoms with van der Waals surface area (Å²) in [6, 6.07) is 15.6. The molecule has 1 amide bonds. The lowest BCUT2D eigenvalue weighted by Gasteiger charge is -2.18. The van der Waals surface area contributed by atoms with Crippen LogP contribution in [0.4, 0.5) is 11.5 Å². The van der Waals surface area contributed by atoms with Gasteiger partial charge in [-0.25, -0.2) is 9.97 Å². The summed E-state index contributed by atoms with van der Waals surface area (Å²) in [5.74, 6) is 0.256. The van der Waals surface area contributed by atoms with Crippen molar-refractivity contribution in [1.82, 2.24) is 20.2 Å². The van der Waals surface area contributed by atoms with E-state index in [1.165, 1.54) is 5.56 Å². The van der Waals surface area contributed by atoms with Gasteiger partial charge in [-0.2, -0.15) is 0 Å². The second kappa shape index (κ2) is 9.98. The van der Waals surface area contributed by atoms with E-state index in [0.29, 0.717) is 23.6 Å². The van der Waals surface area contributed by atoms with Gasteiger partial charge >= 0.3 is 0 Å². The lowest BCUT2D eigenvalue weighted by Crippen LogP contribution is -2.30. The summed E-state index contributed by atoms with van der Waals surface area (Å²) in [5.41, 5.74) is 3.81. The molecule has 0 aliphatic carbocycles. The minimum atomic E-state index is -0.211. The first-order valence-corrected chi connectivity index (χ1v) is 10.2. The van der Waals surface area contributed by atoms with Gasteiger partial charge in [-0.15, -0.1) is 0 Å². The Labute approximate surface area is 172 Å². The third-order valence-corrected chi connectivity index (χ3v) is 4.93. The topological polar surface area (TPSA) is 70.2 Å². The van der Waals surface area contributed by atoms with E-state index < -0.39 is 0 Å². The number of para-hydroxylation sites is 2. The molecule has 0 atom stereocenters. The van der Waals surface area contributed by atoms with Crippen LogP contribution in [-0.2, 0) is 0 Å². The van der Waals surface area contributed by atoms with Gasteiger partial charge in [-0.3, -0.25) is 4.79 Å². The molecular formula is C23H29N5O. The molecule has 0 aliphatic rings. The number of carbonyl (C=O) groups is 1. The molecule has 1 heterocycles. The highest BCUT2D eigenvalue weighted by Gasteiger charge is 2.16. The second-order valence-corrected chi connectivity index (χ2v) is 7.04. The Kier molecular flexibility index (Phi) is 7.14. The van der Waals surface area contributed by atoms with E-state index in [9.17, 15) is 4.79 Å². The fraction of sp³-hybridized carbons (Fsp3) is 0.348. The monoisotopic (exact) mass is 391 g/mol. The predicted octanol–water partition coefficient (Wildman–Crippen LogP) is 4.14. The smallest absolute Gasteiger partial charge is 0.273 e. The van der Waals surface area contributed by atoms with Crippen LogP contribution in [0, 0.1) is 6.92 Å². The van der Waals surface area contributed by atoms with Crippen LogP contribution in [0.25, 0.3) is 11.0 Å². The number of aromatic nitrogens is 2. The Hall–Kier alpha value is -2.99. The number of carbonyl (C=O) groups excluding carboxylic acids is 1. The van der Waals surface area contributed by atoms with Crippen molar-refractivity contribution in [1.29, 1.82) is 0 Å². The Balaban J connectivity index is 1.78. The highest BCUT2D eigenvalue weighted by atomic mass is 16.1. The molecule has 0 fully saturated rings. The highest BCUT2D eigenvalue weighted by molar-refractivity contribution is 5.99. The van der Waals surface area contributed by atoms with Crippen LogP contribution in [0.5, 0.6) is 0 Å². The van der Waals surface area contributed by atoms with Gasteiger partial charge in [0.2, 0.25) is 0 Å². The van der Waals surface area contributed by atoms with Gasteiger partial charge in [0.15, 0.2) is 11.5 Å². The van der Waals surface area contributed by atoms with Gasteiger partial charge in [0.05, 0.1) is 11.0 Å². The molecule has 2 aromatic carbocycles. The summed E-state index contributed by atoms with van der Waals surface area (Å²) >= 11 is 0. The van der Waals surface area contributed by atoms with Gasteiger partial charge in [-0.1, -0.05) is 43.7 Å². The molecule has 152 valence electrons. The average Bonchev–Trinajstić information content (AvgIpc) is 2.75. The van der Waals surface area contributed by atoms with Crippen molar-refractivity contribution < 1.29 is 4.79 Å². The summed E-state index contributed by atoms with van der Waals surface area (Å²) in [4.78, 5) is 24.5. The van der Waals surface area contributed by atoms with Crippen molar-refractivity contribution in [2.45, 2.75) is 27.2 Å². The Morgan fingerprint density at radius 1 is 0.966 bits per heavy atom. The van der Waals surface area contributed by atoms with Gasteiger partial charge < -0.3 is 15.5 Å². The molecule has 0 saturated carbocycles. The van der Waals surface area contributed by atoms with Crippen molar-refractivity contribution in [3.05, 3.63) is 59.8 Å². The molecule has 2 N–H and O–H groups in total. The number of benzene rings is 2. The van der Waals surface area contributed by atoms with Gasteiger partial charge in [0, 0.05) is 12.2 Å². The zero-order valence-electron chi connectivity index (χ0n) is 17.4. The van der Waals surface area contributed by atoms with Crippen LogP contribution < -0.4 is 10.6 Å². The zero-order chi connectivity index (χ0) is 20.6. The number of fused-ring (bicyclic) bond motifs is 1. The Morgan fingerprint density at radius 2 is 1.62 bits per heavy atom. The standard InChI is InChI=1S/C23H29N5O/c1-4-28(5-2)16-8-15-24-23(29)21-22(25-18-13-11-17(3)12-14-18)27-20-10-7-6-9-19(20)26-21/h6-7,9-14H,4-5,8,15-16H2,1-3H3,(H,24,29)(H,25,27). The van der Waals surface area contributed by atoms with Crippen molar-refractivity contribution in [3.63, 3.8) is 0 Å².